The zero-order chi connectivity index (χ0) is 26.8. The summed E-state index contributed by atoms with van der Waals surface area (Å²) in [5, 5.41) is 13.5. The monoisotopic (exact) mass is 533 g/mol. The summed E-state index contributed by atoms with van der Waals surface area (Å²) in [6, 6.07) is 10.4. The summed E-state index contributed by atoms with van der Waals surface area (Å²) in [7, 11) is 0. The SMILES string of the molecule is CCOc1ccc2[nH]c(=O)c([C@@H](c3nnnn3C[C@H]3CCCO3)N3CCN(C(=O)c4ccco4)CC3)cc2c1. The van der Waals surface area contributed by atoms with Crippen molar-refractivity contribution in [1.29, 1.82) is 0 Å². The van der Waals surface area contributed by atoms with Gasteiger partial charge in [-0.2, -0.15) is 0 Å². The largest absolute Gasteiger partial charge is 0.494 e. The van der Waals surface area contributed by atoms with E-state index >= 15 is 0 Å². The van der Waals surface area contributed by atoms with E-state index in [9.17, 15) is 9.59 Å². The zero-order valence-corrected chi connectivity index (χ0v) is 21.8. The van der Waals surface area contributed by atoms with Gasteiger partial charge in [0.25, 0.3) is 11.5 Å². The maximum Gasteiger partial charge on any atom is 0.289 e. The number of amides is 1. The lowest BCUT2D eigenvalue weighted by Crippen LogP contribution is -2.50. The van der Waals surface area contributed by atoms with Crippen LogP contribution in [-0.2, 0) is 11.3 Å². The van der Waals surface area contributed by atoms with Gasteiger partial charge in [0.2, 0.25) is 0 Å². The number of furan rings is 1. The summed E-state index contributed by atoms with van der Waals surface area (Å²) >= 11 is 0. The second kappa shape index (κ2) is 11.0. The van der Waals surface area contributed by atoms with Crippen LogP contribution in [0.5, 0.6) is 5.75 Å². The molecule has 1 N–H and O–H groups in total. The highest BCUT2D eigenvalue weighted by Crippen LogP contribution is 2.30. The van der Waals surface area contributed by atoms with Crippen molar-refractivity contribution in [2.45, 2.75) is 38.5 Å². The highest BCUT2D eigenvalue weighted by Gasteiger charge is 2.35. The molecule has 2 saturated heterocycles. The summed E-state index contributed by atoms with van der Waals surface area (Å²) in [6.07, 6.45) is 3.47. The van der Waals surface area contributed by atoms with Crippen LogP contribution < -0.4 is 10.3 Å². The number of benzene rings is 1. The van der Waals surface area contributed by atoms with Crippen LogP contribution in [0.4, 0.5) is 0 Å². The molecule has 3 aromatic heterocycles. The van der Waals surface area contributed by atoms with Gasteiger partial charge in [0.15, 0.2) is 11.6 Å². The molecular weight excluding hydrogens is 502 g/mol. The fourth-order valence-corrected chi connectivity index (χ4v) is 5.42. The summed E-state index contributed by atoms with van der Waals surface area (Å²) in [6.45, 7) is 5.72. The van der Waals surface area contributed by atoms with Gasteiger partial charge in [-0.3, -0.25) is 14.5 Å². The number of H-pyrrole nitrogens is 1. The zero-order valence-electron chi connectivity index (χ0n) is 21.8. The molecule has 5 heterocycles. The van der Waals surface area contributed by atoms with Gasteiger partial charge in [0.05, 0.1) is 25.5 Å². The summed E-state index contributed by atoms with van der Waals surface area (Å²) < 4.78 is 18.6. The maximum atomic E-state index is 13.5. The number of ether oxygens (including phenoxy) is 2. The minimum absolute atomic E-state index is 0.0271. The normalized spacial score (nSPS) is 19.0. The Bertz CT molecular complexity index is 1480. The molecule has 2 aliphatic rings. The Hall–Kier alpha value is -4.03. The molecule has 0 bridgehead atoms. The van der Waals surface area contributed by atoms with Gasteiger partial charge in [0, 0.05) is 49.3 Å². The van der Waals surface area contributed by atoms with Crippen molar-refractivity contribution in [2.24, 2.45) is 0 Å². The Morgan fingerprint density at radius 2 is 2.08 bits per heavy atom. The van der Waals surface area contributed by atoms with E-state index in [4.69, 9.17) is 13.9 Å². The van der Waals surface area contributed by atoms with E-state index in [2.05, 4.69) is 25.4 Å². The highest BCUT2D eigenvalue weighted by molar-refractivity contribution is 5.91. The average Bonchev–Trinajstić information content (AvgIpc) is 3.74. The van der Waals surface area contributed by atoms with Crippen molar-refractivity contribution >= 4 is 16.8 Å². The lowest BCUT2D eigenvalue weighted by molar-refractivity contribution is 0.0550. The van der Waals surface area contributed by atoms with Crippen molar-refractivity contribution in [3.05, 3.63) is 70.2 Å². The van der Waals surface area contributed by atoms with E-state index in [1.165, 1.54) is 6.26 Å². The van der Waals surface area contributed by atoms with Gasteiger partial charge in [-0.15, -0.1) is 5.10 Å². The van der Waals surface area contributed by atoms with Crippen LogP contribution in [0.2, 0.25) is 0 Å². The molecule has 2 aliphatic heterocycles. The Kier molecular flexibility index (Phi) is 7.12. The van der Waals surface area contributed by atoms with E-state index in [1.54, 1.807) is 21.7 Å². The van der Waals surface area contributed by atoms with Gasteiger partial charge in [-0.05, 0) is 66.6 Å². The van der Waals surface area contributed by atoms with Crippen molar-refractivity contribution < 1.29 is 18.7 Å². The molecule has 12 nitrogen and oxygen atoms in total. The van der Waals surface area contributed by atoms with E-state index in [-0.39, 0.29) is 17.6 Å². The number of tetrazole rings is 1. The molecule has 2 fully saturated rings. The third-order valence-corrected chi connectivity index (χ3v) is 7.35. The molecule has 0 spiro atoms. The molecule has 2 atom stereocenters. The van der Waals surface area contributed by atoms with Crippen LogP contribution in [0.3, 0.4) is 0 Å². The van der Waals surface area contributed by atoms with Gasteiger partial charge in [-0.1, -0.05) is 0 Å². The number of hydrogen-bond acceptors (Lipinski definition) is 9. The molecule has 0 unspecified atom stereocenters. The quantitative estimate of drug-likeness (QED) is 0.362. The molecule has 0 saturated carbocycles. The molecule has 12 heteroatoms. The van der Waals surface area contributed by atoms with Crippen LogP contribution in [0.1, 0.15) is 47.7 Å². The molecule has 39 heavy (non-hydrogen) atoms. The smallest absolute Gasteiger partial charge is 0.289 e. The number of rotatable bonds is 8. The number of carbonyl (C=O) groups is 1. The molecule has 4 aromatic rings. The van der Waals surface area contributed by atoms with E-state index in [1.807, 2.05) is 31.2 Å². The first kappa shape index (κ1) is 25.3. The van der Waals surface area contributed by atoms with Gasteiger partial charge in [-0.25, -0.2) is 4.68 Å². The fourth-order valence-electron chi connectivity index (χ4n) is 5.42. The van der Waals surface area contributed by atoms with Crippen molar-refractivity contribution in [3.8, 4) is 5.75 Å². The number of piperazine rings is 1. The number of pyridine rings is 1. The van der Waals surface area contributed by atoms with Crippen molar-refractivity contribution in [2.75, 3.05) is 39.4 Å². The van der Waals surface area contributed by atoms with E-state index in [0.717, 1.165) is 36.1 Å². The second-order valence-electron chi connectivity index (χ2n) is 9.80. The topological polar surface area (TPSA) is 132 Å². The number of nitrogens with zero attached hydrogens (tertiary/aromatic N) is 6. The lowest BCUT2D eigenvalue weighted by Gasteiger charge is -2.38. The van der Waals surface area contributed by atoms with Crippen LogP contribution in [-0.4, -0.2) is 86.4 Å². The third kappa shape index (κ3) is 5.17. The molecular formula is C27H31N7O5. The van der Waals surface area contributed by atoms with E-state index < -0.39 is 6.04 Å². The van der Waals surface area contributed by atoms with Gasteiger partial charge < -0.3 is 23.8 Å². The predicted molar refractivity (Wildman–Crippen MR) is 141 cm³/mol. The maximum absolute atomic E-state index is 13.5. The van der Waals surface area contributed by atoms with Crippen molar-refractivity contribution in [3.63, 3.8) is 0 Å². The van der Waals surface area contributed by atoms with Gasteiger partial charge >= 0.3 is 0 Å². The first-order valence-corrected chi connectivity index (χ1v) is 13.3. The van der Waals surface area contributed by atoms with Crippen LogP contribution >= 0.6 is 0 Å². The molecule has 6 rings (SSSR count). The standard InChI is InChI=1S/C27H31N7O5/c1-2-37-19-7-8-22-18(15-19)16-21(26(35)28-22)24(25-29-30-31-34(25)17-20-5-3-13-38-20)32-9-11-33(12-10-32)27(36)23-6-4-14-39-23/h4,6-8,14-16,20,24H,2-3,5,9-13,17H2,1H3,(H,28,35)/t20-,24+/m1/s1. The number of fused-ring (bicyclic) bond motifs is 1. The number of nitrogens with one attached hydrogen (secondary N) is 1. The Balaban J connectivity index is 1.35. The third-order valence-electron chi connectivity index (χ3n) is 7.35. The predicted octanol–water partition coefficient (Wildman–Crippen LogP) is 2.23. The lowest BCUT2D eigenvalue weighted by atomic mass is 10.0. The minimum Gasteiger partial charge on any atom is -0.494 e. The summed E-state index contributed by atoms with van der Waals surface area (Å²) in [4.78, 5) is 33.3. The van der Waals surface area contributed by atoms with Gasteiger partial charge in [0.1, 0.15) is 11.8 Å². The van der Waals surface area contributed by atoms with Crippen LogP contribution in [0.25, 0.3) is 10.9 Å². The molecule has 0 aliphatic carbocycles. The van der Waals surface area contributed by atoms with E-state index in [0.29, 0.717) is 56.5 Å². The Labute approximate surface area is 224 Å². The van der Waals surface area contributed by atoms with Crippen LogP contribution in [0.15, 0.2) is 51.9 Å². The molecule has 1 aromatic carbocycles. The average molecular weight is 534 g/mol. The Morgan fingerprint density at radius 3 is 2.82 bits per heavy atom. The number of aromatic nitrogens is 5. The molecule has 0 radical (unpaired) electrons. The fraction of sp³-hybridized carbons (Fsp3) is 0.444. The summed E-state index contributed by atoms with van der Waals surface area (Å²) in [5.41, 5.74) is 1.04. The highest BCUT2D eigenvalue weighted by atomic mass is 16.5. The summed E-state index contributed by atoms with van der Waals surface area (Å²) in [5.74, 6) is 1.47. The number of aromatic amines is 1. The number of hydrogen-bond donors (Lipinski definition) is 1. The first-order chi connectivity index (χ1) is 19.1. The molecule has 204 valence electrons. The number of carbonyl (C=O) groups excluding carboxylic acids is 1. The van der Waals surface area contributed by atoms with Crippen LogP contribution in [0, 0.1) is 0 Å². The minimum atomic E-state index is -0.522. The Morgan fingerprint density at radius 1 is 1.21 bits per heavy atom. The second-order valence-corrected chi connectivity index (χ2v) is 9.80. The molecule has 1 amide bonds. The first-order valence-electron chi connectivity index (χ1n) is 13.3. The van der Waals surface area contributed by atoms with Crippen molar-refractivity contribution in [1.82, 2.24) is 35.0 Å².